The summed E-state index contributed by atoms with van der Waals surface area (Å²) in [6.07, 6.45) is 0.595. The standard InChI is InChI=1S/C16H13ClN2O/c17-13-8-6-12(7-9-13)15-14(16(20)19-18-15)10-11-4-2-1-3-5-11/h1-9H,10H2,(H2,18,19,20). The summed E-state index contributed by atoms with van der Waals surface area (Å²) in [5, 5.41) is 6.28. The molecule has 0 aliphatic rings. The van der Waals surface area contributed by atoms with Crippen molar-refractivity contribution >= 4 is 11.6 Å². The molecule has 2 aromatic carbocycles. The van der Waals surface area contributed by atoms with Crippen molar-refractivity contribution in [2.24, 2.45) is 0 Å². The van der Waals surface area contributed by atoms with Crippen LogP contribution in [0.5, 0.6) is 0 Å². The monoisotopic (exact) mass is 284 g/mol. The summed E-state index contributed by atoms with van der Waals surface area (Å²) in [4.78, 5) is 12.0. The average Bonchev–Trinajstić information content (AvgIpc) is 2.83. The first-order valence-corrected chi connectivity index (χ1v) is 6.71. The van der Waals surface area contributed by atoms with E-state index in [0.717, 1.165) is 22.4 Å². The minimum Gasteiger partial charge on any atom is -0.297 e. The van der Waals surface area contributed by atoms with Gasteiger partial charge in [-0.1, -0.05) is 54.1 Å². The summed E-state index contributed by atoms with van der Waals surface area (Å²) in [5.74, 6) is 0. The number of aromatic amines is 2. The third kappa shape index (κ3) is 2.53. The highest BCUT2D eigenvalue weighted by molar-refractivity contribution is 6.30. The fourth-order valence-corrected chi connectivity index (χ4v) is 2.34. The molecule has 0 aliphatic heterocycles. The molecule has 100 valence electrons. The Morgan fingerprint density at radius 2 is 1.60 bits per heavy atom. The van der Waals surface area contributed by atoms with E-state index in [1.807, 2.05) is 54.6 Å². The molecule has 0 atom stereocenters. The molecular formula is C16H13ClN2O. The van der Waals surface area contributed by atoms with Crippen LogP contribution in [-0.4, -0.2) is 10.2 Å². The molecule has 0 bridgehead atoms. The molecular weight excluding hydrogens is 272 g/mol. The molecule has 3 aromatic rings. The summed E-state index contributed by atoms with van der Waals surface area (Å²) < 4.78 is 0. The van der Waals surface area contributed by atoms with E-state index in [0.29, 0.717) is 11.4 Å². The van der Waals surface area contributed by atoms with Crippen LogP contribution >= 0.6 is 11.6 Å². The van der Waals surface area contributed by atoms with Gasteiger partial charge >= 0.3 is 0 Å². The second-order valence-corrected chi connectivity index (χ2v) is 5.04. The molecule has 0 radical (unpaired) electrons. The van der Waals surface area contributed by atoms with Gasteiger partial charge in [-0.15, -0.1) is 0 Å². The van der Waals surface area contributed by atoms with Crippen molar-refractivity contribution in [1.29, 1.82) is 0 Å². The van der Waals surface area contributed by atoms with Crippen LogP contribution in [0.25, 0.3) is 11.3 Å². The number of halogens is 1. The zero-order valence-electron chi connectivity index (χ0n) is 10.7. The summed E-state index contributed by atoms with van der Waals surface area (Å²) in [6.45, 7) is 0. The van der Waals surface area contributed by atoms with Crippen LogP contribution in [0.2, 0.25) is 5.02 Å². The van der Waals surface area contributed by atoms with Crippen molar-refractivity contribution in [1.82, 2.24) is 10.2 Å². The maximum atomic E-state index is 12.0. The minimum absolute atomic E-state index is 0.0844. The predicted octanol–water partition coefficient (Wildman–Crippen LogP) is 3.61. The molecule has 0 aliphatic carbocycles. The summed E-state index contributed by atoms with van der Waals surface area (Å²) >= 11 is 5.89. The van der Waals surface area contributed by atoms with Crippen LogP contribution in [0.15, 0.2) is 59.4 Å². The quantitative estimate of drug-likeness (QED) is 0.758. The lowest BCUT2D eigenvalue weighted by molar-refractivity contribution is 1.06. The van der Waals surface area contributed by atoms with Crippen LogP contribution in [0.3, 0.4) is 0 Å². The van der Waals surface area contributed by atoms with Crippen molar-refractivity contribution in [3.05, 3.63) is 81.1 Å². The van der Waals surface area contributed by atoms with E-state index in [1.165, 1.54) is 0 Å². The third-order valence-electron chi connectivity index (χ3n) is 3.23. The van der Waals surface area contributed by atoms with E-state index in [1.54, 1.807) is 0 Å². The van der Waals surface area contributed by atoms with Crippen LogP contribution < -0.4 is 5.56 Å². The van der Waals surface area contributed by atoms with Crippen molar-refractivity contribution in [2.75, 3.05) is 0 Å². The first-order valence-electron chi connectivity index (χ1n) is 6.33. The van der Waals surface area contributed by atoms with Gasteiger partial charge in [0.05, 0.1) is 5.69 Å². The Morgan fingerprint density at radius 3 is 2.30 bits per heavy atom. The number of aromatic nitrogens is 2. The van der Waals surface area contributed by atoms with E-state index in [4.69, 9.17) is 11.6 Å². The van der Waals surface area contributed by atoms with Crippen molar-refractivity contribution in [3.8, 4) is 11.3 Å². The lowest BCUT2D eigenvalue weighted by Crippen LogP contribution is -2.06. The van der Waals surface area contributed by atoms with E-state index < -0.39 is 0 Å². The molecule has 0 saturated heterocycles. The Kier molecular flexibility index (Phi) is 3.44. The van der Waals surface area contributed by atoms with Gasteiger partial charge < -0.3 is 0 Å². The average molecular weight is 285 g/mol. The van der Waals surface area contributed by atoms with Gasteiger partial charge in [-0.3, -0.25) is 15.0 Å². The third-order valence-corrected chi connectivity index (χ3v) is 3.49. The van der Waals surface area contributed by atoms with Gasteiger partial charge in [-0.2, -0.15) is 0 Å². The highest BCUT2D eigenvalue weighted by atomic mass is 35.5. The van der Waals surface area contributed by atoms with Gasteiger partial charge in [-0.05, 0) is 23.3 Å². The molecule has 0 saturated carbocycles. The zero-order valence-corrected chi connectivity index (χ0v) is 11.4. The number of rotatable bonds is 3. The molecule has 1 heterocycles. The van der Waals surface area contributed by atoms with Crippen LogP contribution in [0, 0.1) is 0 Å². The summed E-state index contributed by atoms with van der Waals surface area (Å²) in [5.41, 5.74) is 3.51. The van der Waals surface area contributed by atoms with E-state index in [9.17, 15) is 4.79 Å². The molecule has 3 rings (SSSR count). The topological polar surface area (TPSA) is 48.6 Å². The number of hydrogen-bond acceptors (Lipinski definition) is 1. The van der Waals surface area contributed by atoms with E-state index in [2.05, 4.69) is 10.2 Å². The Balaban J connectivity index is 2.01. The van der Waals surface area contributed by atoms with Crippen LogP contribution in [-0.2, 0) is 6.42 Å². The lowest BCUT2D eigenvalue weighted by Gasteiger charge is -2.03. The van der Waals surface area contributed by atoms with Gasteiger partial charge in [0.1, 0.15) is 0 Å². The van der Waals surface area contributed by atoms with E-state index >= 15 is 0 Å². The molecule has 3 nitrogen and oxygen atoms in total. The van der Waals surface area contributed by atoms with Crippen molar-refractivity contribution in [2.45, 2.75) is 6.42 Å². The maximum Gasteiger partial charge on any atom is 0.268 e. The first-order chi connectivity index (χ1) is 9.74. The molecule has 20 heavy (non-hydrogen) atoms. The van der Waals surface area contributed by atoms with Crippen LogP contribution in [0.4, 0.5) is 0 Å². The number of benzene rings is 2. The van der Waals surface area contributed by atoms with Gasteiger partial charge in [-0.25, -0.2) is 0 Å². The smallest absolute Gasteiger partial charge is 0.268 e. The highest BCUT2D eigenvalue weighted by Crippen LogP contribution is 2.22. The number of H-pyrrole nitrogens is 2. The molecule has 4 heteroatoms. The largest absolute Gasteiger partial charge is 0.297 e. The van der Waals surface area contributed by atoms with Gasteiger partial charge in [0.25, 0.3) is 5.56 Å². The molecule has 0 unspecified atom stereocenters. The van der Waals surface area contributed by atoms with Gasteiger partial charge in [0.2, 0.25) is 0 Å². The molecule has 0 spiro atoms. The molecule has 2 N–H and O–H groups in total. The Labute approximate surface area is 121 Å². The SMILES string of the molecule is O=c1[nH][nH]c(-c2ccc(Cl)cc2)c1Cc1ccccc1. The first kappa shape index (κ1) is 12.8. The van der Waals surface area contributed by atoms with Gasteiger partial charge in [0, 0.05) is 17.0 Å². The minimum atomic E-state index is -0.0844. The maximum absolute atomic E-state index is 12.0. The number of nitrogens with one attached hydrogen (secondary N) is 2. The predicted molar refractivity (Wildman–Crippen MR) is 81.1 cm³/mol. The van der Waals surface area contributed by atoms with Crippen molar-refractivity contribution in [3.63, 3.8) is 0 Å². The Bertz CT molecular complexity index is 757. The zero-order chi connectivity index (χ0) is 13.9. The lowest BCUT2D eigenvalue weighted by atomic mass is 10.0. The van der Waals surface area contributed by atoms with Crippen molar-refractivity contribution < 1.29 is 0 Å². The Morgan fingerprint density at radius 1 is 0.900 bits per heavy atom. The normalized spacial score (nSPS) is 10.7. The summed E-state index contributed by atoms with van der Waals surface area (Å²) in [6, 6.07) is 17.4. The Hall–Kier alpha value is -2.26. The van der Waals surface area contributed by atoms with E-state index in [-0.39, 0.29) is 5.56 Å². The number of hydrogen-bond donors (Lipinski definition) is 2. The fourth-order valence-electron chi connectivity index (χ4n) is 2.22. The fraction of sp³-hybridized carbons (Fsp3) is 0.0625. The second-order valence-electron chi connectivity index (χ2n) is 4.60. The molecule has 0 fully saturated rings. The van der Waals surface area contributed by atoms with Crippen LogP contribution in [0.1, 0.15) is 11.1 Å². The molecule has 1 aromatic heterocycles. The summed E-state index contributed by atoms with van der Waals surface area (Å²) in [7, 11) is 0. The molecule has 0 amide bonds. The van der Waals surface area contributed by atoms with Gasteiger partial charge in [0.15, 0.2) is 0 Å². The highest BCUT2D eigenvalue weighted by Gasteiger charge is 2.12. The second kappa shape index (κ2) is 5.39.